The smallest absolute Gasteiger partial charge is 0.134 e. The molecule has 4 rings (SSSR count). The molecule has 2 aliphatic heterocycles. The van der Waals surface area contributed by atoms with Crippen LogP contribution in [0.15, 0.2) is 30.7 Å². The third-order valence-electron chi connectivity index (χ3n) is 5.60. The van der Waals surface area contributed by atoms with Crippen molar-refractivity contribution in [1.82, 2.24) is 15.0 Å². The molecule has 0 amide bonds. The molecule has 0 spiro atoms. The van der Waals surface area contributed by atoms with Crippen molar-refractivity contribution in [3.63, 3.8) is 0 Å². The van der Waals surface area contributed by atoms with Crippen LogP contribution in [0.1, 0.15) is 44.6 Å². The molecule has 0 aromatic carbocycles. The van der Waals surface area contributed by atoms with Crippen LogP contribution in [0.25, 0.3) is 0 Å². The van der Waals surface area contributed by atoms with E-state index in [9.17, 15) is 0 Å². The molecule has 2 saturated heterocycles. The van der Waals surface area contributed by atoms with Gasteiger partial charge in [-0.25, -0.2) is 15.0 Å². The van der Waals surface area contributed by atoms with Crippen molar-refractivity contribution in [2.45, 2.75) is 45.6 Å². The third-order valence-corrected chi connectivity index (χ3v) is 5.60. The fraction of sp³-hybridized carbons (Fsp3) is 0.571. The molecule has 144 valence electrons. The maximum absolute atomic E-state index is 4.57. The van der Waals surface area contributed by atoms with Crippen molar-refractivity contribution in [2.75, 3.05) is 41.3 Å². The van der Waals surface area contributed by atoms with Crippen LogP contribution in [0.4, 0.5) is 17.5 Å². The van der Waals surface area contributed by atoms with Gasteiger partial charge in [0.15, 0.2) is 0 Å². The van der Waals surface area contributed by atoms with Crippen molar-refractivity contribution >= 4 is 17.5 Å². The Hall–Kier alpha value is -2.37. The zero-order valence-electron chi connectivity index (χ0n) is 16.3. The molecule has 4 heterocycles. The fourth-order valence-electron chi connectivity index (χ4n) is 4.07. The van der Waals surface area contributed by atoms with Gasteiger partial charge in [-0.05, 0) is 55.7 Å². The first-order valence-electron chi connectivity index (χ1n) is 10.3. The molecule has 0 radical (unpaired) electrons. The van der Waals surface area contributed by atoms with E-state index in [1.54, 1.807) is 6.33 Å². The van der Waals surface area contributed by atoms with Crippen LogP contribution < -0.4 is 15.1 Å². The summed E-state index contributed by atoms with van der Waals surface area (Å²) in [6.45, 7) is 7.47. The van der Waals surface area contributed by atoms with Gasteiger partial charge in [-0.3, -0.25) is 0 Å². The number of hydrogen-bond acceptors (Lipinski definition) is 6. The zero-order chi connectivity index (χ0) is 18.5. The summed E-state index contributed by atoms with van der Waals surface area (Å²) in [5.41, 5.74) is 1.23. The first-order chi connectivity index (χ1) is 13.3. The molecule has 2 aromatic rings. The number of piperidine rings is 2. The highest BCUT2D eigenvalue weighted by atomic mass is 15.2. The van der Waals surface area contributed by atoms with Crippen molar-refractivity contribution in [1.29, 1.82) is 0 Å². The van der Waals surface area contributed by atoms with Gasteiger partial charge >= 0.3 is 0 Å². The molecule has 0 saturated carbocycles. The summed E-state index contributed by atoms with van der Waals surface area (Å²) in [4.78, 5) is 18.2. The van der Waals surface area contributed by atoms with E-state index in [2.05, 4.69) is 55.2 Å². The van der Waals surface area contributed by atoms with Gasteiger partial charge in [-0.1, -0.05) is 6.92 Å². The lowest BCUT2D eigenvalue weighted by Crippen LogP contribution is -2.34. The Morgan fingerprint density at radius 1 is 0.963 bits per heavy atom. The van der Waals surface area contributed by atoms with Crippen molar-refractivity contribution in [2.24, 2.45) is 5.92 Å². The molecule has 1 atom stereocenters. The van der Waals surface area contributed by atoms with Gasteiger partial charge < -0.3 is 15.1 Å². The molecule has 0 aliphatic carbocycles. The first kappa shape index (κ1) is 18.0. The molecule has 2 aliphatic rings. The van der Waals surface area contributed by atoms with E-state index in [0.29, 0.717) is 0 Å². The van der Waals surface area contributed by atoms with Crippen molar-refractivity contribution in [3.05, 3.63) is 36.3 Å². The van der Waals surface area contributed by atoms with Crippen LogP contribution in [0.3, 0.4) is 0 Å². The average molecular weight is 367 g/mol. The quantitative estimate of drug-likeness (QED) is 0.870. The van der Waals surface area contributed by atoms with Crippen molar-refractivity contribution in [3.8, 4) is 0 Å². The fourth-order valence-corrected chi connectivity index (χ4v) is 4.07. The van der Waals surface area contributed by atoms with Crippen LogP contribution in [-0.4, -0.2) is 41.1 Å². The number of hydrogen-bond donors (Lipinski definition) is 1. The van der Waals surface area contributed by atoms with Crippen LogP contribution in [0.5, 0.6) is 0 Å². The van der Waals surface area contributed by atoms with Gasteiger partial charge in [0.2, 0.25) is 0 Å². The predicted molar refractivity (Wildman–Crippen MR) is 110 cm³/mol. The molecule has 2 fully saturated rings. The molecule has 2 aromatic heterocycles. The highest BCUT2D eigenvalue weighted by Crippen LogP contribution is 2.23. The lowest BCUT2D eigenvalue weighted by Gasteiger charge is -2.31. The molecule has 6 nitrogen and oxygen atoms in total. The minimum absolute atomic E-state index is 0.732. The Balaban J connectivity index is 1.39. The summed E-state index contributed by atoms with van der Waals surface area (Å²) in [6, 6.07) is 6.35. The summed E-state index contributed by atoms with van der Waals surface area (Å²) in [6.07, 6.45) is 10.0. The van der Waals surface area contributed by atoms with E-state index in [0.717, 1.165) is 56.1 Å². The van der Waals surface area contributed by atoms with Gasteiger partial charge in [0.1, 0.15) is 23.8 Å². The summed E-state index contributed by atoms with van der Waals surface area (Å²) in [5, 5.41) is 3.46. The number of anilines is 3. The van der Waals surface area contributed by atoms with Gasteiger partial charge in [0.05, 0.1) is 0 Å². The molecule has 1 unspecified atom stereocenters. The Labute approximate surface area is 162 Å². The predicted octanol–water partition coefficient (Wildman–Crippen LogP) is 3.71. The van der Waals surface area contributed by atoms with Crippen molar-refractivity contribution < 1.29 is 0 Å². The summed E-state index contributed by atoms with van der Waals surface area (Å²) < 4.78 is 0. The Morgan fingerprint density at radius 3 is 2.63 bits per heavy atom. The minimum Gasteiger partial charge on any atom is -0.366 e. The van der Waals surface area contributed by atoms with E-state index >= 15 is 0 Å². The van der Waals surface area contributed by atoms with Crippen LogP contribution in [-0.2, 0) is 6.54 Å². The van der Waals surface area contributed by atoms with Gasteiger partial charge in [-0.15, -0.1) is 0 Å². The molecule has 27 heavy (non-hydrogen) atoms. The lowest BCUT2D eigenvalue weighted by atomic mass is 10.0. The van der Waals surface area contributed by atoms with E-state index in [4.69, 9.17) is 0 Å². The second-order valence-corrected chi connectivity index (χ2v) is 7.88. The summed E-state index contributed by atoms with van der Waals surface area (Å²) >= 11 is 0. The second kappa shape index (κ2) is 8.55. The Bertz CT molecular complexity index is 743. The lowest BCUT2D eigenvalue weighted by molar-refractivity contribution is 0.444. The number of rotatable bonds is 5. The maximum Gasteiger partial charge on any atom is 0.134 e. The molecule has 1 N–H and O–H groups in total. The monoisotopic (exact) mass is 366 g/mol. The molecular formula is C21H30N6. The average Bonchev–Trinajstić information content (AvgIpc) is 2.73. The number of aromatic nitrogens is 3. The number of nitrogens with one attached hydrogen (secondary N) is 1. The second-order valence-electron chi connectivity index (χ2n) is 7.88. The number of pyridine rings is 1. The van der Waals surface area contributed by atoms with Gasteiger partial charge in [0, 0.05) is 45.0 Å². The highest BCUT2D eigenvalue weighted by Gasteiger charge is 2.18. The van der Waals surface area contributed by atoms with Gasteiger partial charge in [0.25, 0.3) is 0 Å². The standard InChI is InChI=1S/C21H30N6/c1-17-6-5-11-27(15-17)21-13-19(24-16-25-21)23-14-18-7-8-22-20(12-18)26-9-3-2-4-10-26/h7-8,12-13,16-17H,2-6,9-11,14-15H2,1H3,(H,23,24,25). The molecular weight excluding hydrogens is 336 g/mol. The topological polar surface area (TPSA) is 57.2 Å². The third kappa shape index (κ3) is 4.67. The summed E-state index contributed by atoms with van der Waals surface area (Å²) in [5.74, 6) is 3.74. The van der Waals surface area contributed by atoms with Gasteiger partial charge in [-0.2, -0.15) is 0 Å². The largest absolute Gasteiger partial charge is 0.366 e. The van der Waals surface area contributed by atoms with E-state index in [1.807, 2.05) is 6.20 Å². The van der Waals surface area contributed by atoms with Crippen LogP contribution in [0, 0.1) is 5.92 Å². The van der Waals surface area contributed by atoms with E-state index in [1.165, 1.54) is 37.7 Å². The molecule has 6 heteroatoms. The van der Waals surface area contributed by atoms with E-state index in [-0.39, 0.29) is 0 Å². The Kier molecular flexibility index (Phi) is 5.70. The highest BCUT2D eigenvalue weighted by molar-refractivity contribution is 5.49. The normalized spacial score (nSPS) is 20.6. The van der Waals surface area contributed by atoms with Crippen LogP contribution >= 0.6 is 0 Å². The Morgan fingerprint density at radius 2 is 1.78 bits per heavy atom. The summed E-state index contributed by atoms with van der Waals surface area (Å²) in [7, 11) is 0. The maximum atomic E-state index is 4.57. The van der Waals surface area contributed by atoms with Crippen LogP contribution in [0.2, 0.25) is 0 Å². The molecule has 0 bridgehead atoms. The minimum atomic E-state index is 0.732. The van der Waals surface area contributed by atoms with E-state index < -0.39 is 0 Å². The number of nitrogens with zero attached hydrogens (tertiary/aromatic N) is 5. The zero-order valence-corrected chi connectivity index (χ0v) is 16.3. The first-order valence-corrected chi connectivity index (χ1v) is 10.3. The SMILES string of the molecule is CC1CCCN(c2cc(NCc3ccnc(N4CCCCC4)c3)ncn2)C1.